The lowest BCUT2D eigenvalue weighted by Crippen LogP contribution is -2.12. The minimum Gasteiger partial charge on any atom is -0.354 e. The van der Waals surface area contributed by atoms with Crippen LogP contribution in [0.5, 0.6) is 0 Å². The fourth-order valence-electron chi connectivity index (χ4n) is 1.81. The highest BCUT2D eigenvalue weighted by Crippen LogP contribution is 2.37. The number of rotatable bonds is 5. The summed E-state index contributed by atoms with van der Waals surface area (Å²) in [5.74, 6) is 1.01. The first-order valence-corrected chi connectivity index (χ1v) is 7.34. The van der Waals surface area contributed by atoms with E-state index in [9.17, 15) is 13.2 Å². The third kappa shape index (κ3) is 4.99. The maximum absolute atomic E-state index is 13.1. The van der Waals surface area contributed by atoms with Gasteiger partial charge in [-0.2, -0.15) is 18.2 Å². The fraction of sp³-hybridized carbons (Fsp3) is 0.333. The van der Waals surface area contributed by atoms with Gasteiger partial charge in [-0.15, -0.1) is 0 Å². The van der Waals surface area contributed by atoms with Crippen molar-refractivity contribution in [1.82, 2.24) is 9.97 Å². The van der Waals surface area contributed by atoms with E-state index in [4.69, 9.17) is 11.6 Å². The number of alkyl halides is 3. The van der Waals surface area contributed by atoms with Crippen molar-refractivity contribution in [2.75, 3.05) is 17.2 Å². The summed E-state index contributed by atoms with van der Waals surface area (Å²) in [6, 6.07) is 5.03. The second-order valence-electron chi connectivity index (χ2n) is 5.35. The number of halogens is 4. The van der Waals surface area contributed by atoms with E-state index in [1.165, 1.54) is 24.4 Å². The maximum atomic E-state index is 13.1. The lowest BCUT2D eigenvalue weighted by Gasteiger charge is -2.15. The Balaban J connectivity index is 2.24. The number of anilines is 3. The molecule has 0 aliphatic heterocycles. The quantitative estimate of drug-likeness (QED) is 0.804. The lowest BCUT2D eigenvalue weighted by molar-refractivity contribution is -0.136. The van der Waals surface area contributed by atoms with Crippen LogP contribution in [0.2, 0.25) is 5.02 Å². The van der Waals surface area contributed by atoms with E-state index in [1.54, 1.807) is 0 Å². The molecule has 0 aliphatic rings. The van der Waals surface area contributed by atoms with Crippen molar-refractivity contribution in [3.05, 3.63) is 41.0 Å². The third-order valence-electron chi connectivity index (χ3n) is 2.87. The summed E-state index contributed by atoms with van der Waals surface area (Å²) >= 11 is 5.66. The van der Waals surface area contributed by atoms with Crippen molar-refractivity contribution < 1.29 is 13.2 Å². The normalized spacial score (nSPS) is 11.6. The van der Waals surface area contributed by atoms with Crippen LogP contribution in [0, 0.1) is 5.92 Å². The summed E-state index contributed by atoms with van der Waals surface area (Å²) in [5, 5.41) is 5.70. The van der Waals surface area contributed by atoms with Crippen LogP contribution in [0.15, 0.2) is 30.5 Å². The van der Waals surface area contributed by atoms with Gasteiger partial charge >= 0.3 is 6.18 Å². The summed E-state index contributed by atoms with van der Waals surface area (Å²) in [6.07, 6.45) is -3.04. The van der Waals surface area contributed by atoms with Gasteiger partial charge in [-0.05, 0) is 30.2 Å². The number of hydrogen-bond acceptors (Lipinski definition) is 4. The van der Waals surface area contributed by atoms with Gasteiger partial charge in [-0.1, -0.05) is 25.4 Å². The minimum atomic E-state index is -4.51. The zero-order valence-electron chi connectivity index (χ0n) is 12.6. The Bertz CT molecular complexity index is 674. The number of nitrogens with zero attached hydrogens (tertiary/aromatic N) is 2. The van der Waals surface area contributed by atoms with Crippen LogP contribution in [0.1, 0.15) is 19.4 Å². The SMILES string of the molecule is CC(C)CNc1nccc(Nc2ccc(Cl)cc2C(F)(F)F)n1. The standard InChI is InChI=1S/C15H16ClF3N4/c1-9(2)8-21-14-20-6-5-13(23-14)22-12-4-3-10(16)7-11(12)15(17,18)19/h3-7,9H,8H2,1-2H3,(H2,20,21,22,23). The summed E-state index contributed by atoms with van der Waals surface area (Å²) in [5.41, 5.74) is -0.962. The molecule has 4 nitrogen and oxygen atoms in total. The van der Waals surface area contributed by atoms with Gasteiger partial charge in [0.05, 0.1) is 11.3 Å². The highest BCUT2D eigenvalue weighted by Gasteiger charge is 2.33. The van der Waals surface area contributed by atoms with Gasteiger partial charge in [-0.25, -0.2) is 4.98 Å². The smallest absolute Gasteiger partial charge is 0.354 e. The molecule has 0 radical (unpaired) electrons. The van der Waals surface area contributed by atoms with Gasteiger partial charge in [0.1, 0.15) is 5.82 Å². The Morgan fingerprint density at radius 3 is 2.61 bits per heavy atom. The van der Waals surface area contributed by atoms with Crippen LogP contribution in [-0.2, 0) is 6.18 Å². The molecule has 2 rings (SSSR count). The molecule has 0 aliphatic carbocycles. The number of hydrogen-bond donors (Lipinski definition) is 2. The molecular weight excluding hydrogens is 329 g/mol. The van der Waals surface area contributed by atoms with Crippen molar-refractivity contribution in [2.45, 2.75) is 20.0 Å². The minimum absolute atomic E-state index is 0.0184. The molecule has 2 aromatic rings. The molecule has 0 unspecified atom stereocenters. The molecule has 23 heavy (non-hydrogen) atoms. The van der Waals surface area contributed by atoms with E-state index in [2.05, 4.69) is 20.6 Å². The second kappa shape index (κ2) is 7.04. The van der Waals surface area contributed by atoms with E-state index in [0.717, 1.165) is 6.07 Å². The summed E-state index contributed by atoms with van der Waals surface area (Å²) < 4.78 is 39.2. The monoisotopic (exact) mass is 344 g/mol. The Morgan fingerprint density at radius 2 is 1.96 bits per heavy atom. The van der Waals surface area contributed by atoms with E-state index < -0.39 is 11.7 Å². The molecule has 2 N–H and O–H groups in total. The van der Waals surface area contributed by atoms with Crippen LogP contribution in [0.25, 0.3) is 0 Å². The zero-order valence-corrected chi connectivity index (χ0v) is 13.3. The first-order chi connectivity index (χ1) is 10.8. The lowest BCUT2D eigenvalue weighted by atomic mass is 10.1. The Hall–Kier alpha value is -2.02. The third-order valence-corrected chi connectivity index (χ3v) is 3.11. The van der Waals surface area contributed by atoms with Gasteiger partial charge < -0.3 is 10.6 Å². The van der Waals surface area contributed by atoms with Crippen LogP contribution < -0.4 is 10.6 Å². The van der Waals surface area contributed by atoms with Gasteiger partial charge in [-0.3, -0.25) is 0 Å². The maximum Gasteiger partial charge on any atom is 0.418 e. The summed E-state index contributed by atoms with van der Waals surface area (Å²) in [4.78, 5) is 8.18. The summed E-state index contributed by atoms with van der Waals surface area (Å²) in [7, 11) is 0. The highest BCUT2D eigenvalue weighted by molar-refractivity contribution is 6.30. The zero-order chi connectivity index (χ0) is 17.0. The number of benzene rings is 1. The molecule has 0 saturated carbocycles. The van der Waals surface area contributed by atoms with Crippen molar-refractivity contribution in [2.24, 2.45) is 5.92 Å². The average molecular weight is 345 g/mol. The second-order valence-corrected chi connectivity index (χ2v) is 5.79. The van der Waals surface area contributed by atoms with Crippen molar-refractivity contribution in [3.8, 4) is 0 Å². The van der Waals surface area contributed by atoms with Crippen LogP contribution in [0.4, 0.5) is 30.6 Å². The molecule has 1 aromatic carbocycles. The largest absolute Gasteiger partial charge is 0.418 e. The van der Waals surface area contributed by atoms with Crippen molar-refractivity contribution in [1.29, 1.82) is 0 Å². The molecule has 1 heterocycles. The molecular formula is C15H16ClF3N4. The van der Waals surface area contributed by atoms with E-state index in [0.29, 0.717) is 18.4 Å². The molecule has 1 aromatic heterocycles. The Morgan fingerprint density at radius 1 is 1.22 bits per heavy atom. The molecule has 0 spiro atoms. The molecule has 0 saturated heterocycles. The van der Waals surface area contributed by atoms with Gasteiger partial charge in [0.2, 0.25) is 5.95 Å². The Labute approximate surface area is 137 Å². The van der Waals surface area contributed by atoms with Crippen LogP contribution in [-0.4, -0.2) is 16.5 Å². The van der Waals surface area contributed by atoms with E-state index in [-0.39, 0.29) is 16.5 Å². The van der Waals surface area contributed by atoms with E-state index >= 15 is 0 Å². The molecule has 0 bridgehead atoms. The average Bonchev–Trinajstić information content (AvgIpc) is 2.46. The number of aromatic nitrogens is 2. The van der Waals surface area contributed by atoms with Crippen molar-refractivity contribution >= 4 is 29.1 Å². The first-order valence-electron chi connectivity index (χ1n) is 6.96. The molecule has 124 valence electrons. The topological polar surface area (TPSA) is 49.8 Å². The van der Waals surface area contributed by atoms with Gasteiger partial charge in [0, 0.05) is 17.8 Å². The highest BCUT2D eigenvalue weighted by atomic mass is 35.5. The van der Waals surface area contributed by atoms with Gasteiger partial charge in [0.25, 0.3) is 0 Å². The first kappa shape index (κ1) is 17.3. The van der Waals surface area contributed by atoms with Gasteiger partial charge in [0.15, 0.2) is 0 Å². The van der Waals surface area contributed by atoms with Crippen LogP contribution in [0.3, 0.4) is 0 Å². The predicted molar refractivity (Wildman–Crippen MR) is 85.1 cm³/mol. The molecule has 0 atom stereocenters. The fourth-order valence-corrected chi connectivity index (χ4v) is 1.98. The summed E-state index contributed by atoms with van der Waals surface area (Å²) in [6.45, 7) is 4.72. The van der Waals surface area contributed by atoms with Crippen molar-refractivity contribution in [3.63, 3.8) is 0 Å². The van der Waals surface area contributed by atoms with E-state index in [1.807, 2.05) is 13.8 Å². The molecule has 0 amide bonds. The number of nitrogens with one attached hydrogen (secondary N) is 2. The Kier molecular flexibility index (Phi) is 5.30. The molecule has 0 fully saturated rings. The van der Waals surface area contributed by atoms with Crippen LogP contribution >= 0.6 is 11.6 Å². The predicted octanol–water partition coefficient (Wildman–Crippen LogP) is 4.96. The molecule has 8 heteroatoms.